The maximum absolute atomic E-state index is 10.7. The van der Waals surface area contributed by atoms with Gasteiger partial charge in [0.1, 0.15) is 11.7 Å². The number of rotatable bonds is 1. The van der Waals surface area contributed by atoms with E-state index in [9.17, 15) is 15.3 Å². The summed E-state index contributed by atoms with van der Waals surface area (Å²) in [6, 6.07) is 3.53. The van der Waals surface area contributed by atoms with Crippen molar-refractivity contribution in [2.24, 2.45) is 0 Å². The lowest BCUT2D eigenvalue weighted by molar-refractivity contribution is -0.0936. The van der Waals surface area contributed by atoms with Crippen molar-refractivity contribution in [3.05, 3.63) is 33.6 Å². The van der Waals surface area contributed by atoms with E-state index >= 15 is 0 Å². The van der Waals surface area contributed by atoms with Gasteiger partial charge in [-0.15, -0.1) is 0 Å². The normalized spacial score (nSPS) is 30.4. The van der Waals surface area contributed by atoms with Crippen molar-refractivity contribution in [1.82, 2.24) is 9.55 Å². The van der Waals surface area contributed by atoms with Gasteiger partial charge in [-0.2, -0.15) is 5.26 Å². The Morgan fingerprint density at radius 3 is 2.67 bits per heavy atom. The first-order chi connectivity index (χ1) is 11.2. The molecule has 0 saturated carbocycles. The SMILES string of the molecule is CC12C[C@@H](O)C(C)(O1)c1c2c(O)n(-c2cnc(C#N)c(Br)c2)c1O. The van der Waals surface area contributed by atoms with Crippen molar-refractivity contribution in [3.63, 3.8) is 0 Å². The Hall–Kier alpha value is -2.08. The number of ether oxygens (including phenoxy) is 1. The van der Waals surface area contributed by atoms with Gasteiger partial charge in [-0.1, -0.05) is 0 Å². The van der Waals surface area contributed by atoms with Gasteiger partial charge < -0.3 is 20.1 Å². The van der Waals surface area contributed by atoms with E-state index in [1.165, 1.54) is 10.8 Å². The summed E-state index contributed by atoms with van der Waals surface area (Å²) in [6.45, 7) is 3.48. The van der Waals surface area contributed by atoms with Gasteiger partial charge in [0.15, 0.2) is 5.69 Å². The largest absolute Gasteiger partial charge is 0.494 e. The second-order valence-corrected chi connectivity index (χ2v) is 7.38. The molecule has 7 nitrogen and oxygen atoms in total. The third-order valence-corrected chi connectivity index (χ3v) is 5.60. The highest BCUT2D eigenvalue weighted by molar-refractivity contribution is 9.10. The van der Waals surface area contributed by atoms with Gasteiger partial charge in [-0.05, 0) is 35.8 Å². The molecule has 124 valence electrons. The first-order valence-corrected chi connectivity index (χ1v) is 8.14. The van der Waals surface area contributed by atoms with E-state index in [1.54, 1.807) is 19.9 Å². The van der Waals surface area contributed by atoms with Crippen LogP contribution in [0.4, 0.5) is 0 Å². The second-order valence-electron chi connectivity index (χ2n) is 6.53. The zero-order valence-electron chi connectivity index (χ0n) is 12.9. The molecule has 24 heavy (non-hydrogen) atoms. The minimum absolute atomic E-state index is 0.154. The molecule has 2 unspecified atom stereocenters. The Balaban J connectivity index is 1.98. The van der Waals surface area contributed by atoms with Gasteiger partial charge in [0, 0.05) is 6.42 Å². The number of nitriles is 1. The molecule has 3 atom stereocenters. The van der Waals surface area contributed by atoms with E-state index in [1.807, 2.05) is 6.07 Å². The molecule has 2 bridgehead atoms. The summed E-state index contributed by atoms with van der Waals surface area (Å²) >= 11 is 3.25. The van der Waals surface area contributed by atoms with E-state index < -0.39 is 17.3 Å². The van der Waals surface area contributed by atoms with Crippen molar-refractivity contribution in [2.45, 2.75) is 37.6 Å². The Morgan fingerprint density at radius 2 is 2.04 bits per heavy atom. The fourth-order valence-corrected chi connectivity index (χ4v) is 4.33. The molecule has 2 aromatic rings. The van der Waals surface area contributed by atoms with Crippen molar-refractivity contribution >= 4 is 15.9 Å². The van der Waals surface area contributed by atoms with E-state index in [-0.39, 0.29) is 17.5 Å². The Morgan fingerprint density at radius 1 is 1.38 bits per heavy atom. The van der Waals surface area contributed by atoms with Gasteiger partial charge in [0.2, 0.25) is 11.8 Å². The van der Waals surface area contributed by atoms with Crippen LogP contribution in [-0.4, -0.2) is 31.0 Å². The molecule has 4 rings (SSSR count). The summed E-state index contributed by atoms with van der Waals surface area (Å²) in [7, 11) is 0. The predicted octanol–water partition coefficient (Wildman–Crippen LogP) is 2.14. The lowest BCUT2D eigenvalue weighted by atomic mass is 9.78. The Labute approximate surface area is 145 Å². The number of aromatic nitrogens is 2. The molecule has 1 fully saturated rings. The van der Waals surface area contributed by atoms with Crippen LogP contribution in [0, 0.1) is 11.3 Å². The molecule has 4 heterocycles. The highest BCUT2D eigenvalue weighted by Crippen LogP contribution is 2.64. The van der Waals surface area contributed by atoms with Crippen LogP contribution in [-0.2, 0) is 15.9 Å². The van der Waals surface area contributed by atoms with Gasteiger partial charge >= 0.3 is 0 Å². The van der Waals surface area contributed by atoms with Gasteiger partial charge in [-0.3, -0.25) is 0 Å². The van der Waals surface area contributed by atoms with Crippen molar-refractivity contribution < 1.29 is 20.1 Å². The van der Waals surface area contributed by atoms with Crippen LogP contribution >= 0.6 is 15.9 Å². The monoisotopic (exact) mass is 391 g/mol. The number of aliphatic hydroxyl groups excluding tert-OH is 1. The first-order valence-electron chi connectivity index (χ1n) is 7.35. The minimum atomic E-state index is -1.08. The molecule has 1 saturated heterocycles. The number of aliphatic hydroxyl groups is 1. The van der Waals surface area contributed by atoms with Crippen LogP contribution < -0.4 is 0 Å². The van der Waals surface area contributed by atoms with Crippen LogP contribution in [0.15, 0.2) is 16.7 Å². The summed E-state index contributed by atoms with van der Waals surface area (Å²) in [5.74, 6) is -0.357. The third kappa shape index (κ3) is 1.64. The topological polar surface area (TPSA) is 112 Å². The van der Waals surface area contributed by atoms with E-state index in [2.05, 4.69) is 20.9 Å². The van der Waals surface area contributed by atoms with Crippen molar-refractivity contribution in [1.29, 1.82) is 5.26 Å². The number of hydrogen-bond acceptors (Lipinski definition) is 6. The first kappa shape index (κ1) is 15.4. The molecule has 0 spiro atoms. The van der Waals surface area contributed by atoms with E-state index in [0.29, 0.717) is 27.7 Å². The number of nitrogens with zero attached hydrogens (tertiary/aromatic N) is 3. The van der Waals surface area contributed by atoms with Gasteiger partial charge in [0.05, 0.1) is 39.2 Å². The van der Waals surface area contributed by atoms with Crippen LogP contribution in [0.2, 0.25) is 0 Å². The summed E-state index contributed by atoms with van der Waals surface area (Å²) in [5.41, 5.74) is -0.474. The summed E-state index contributed by atoms with van der Waals surface area (Å²) in [6.07, 6.45) is 0.951. The van der Waals surface area contributed by atoms with Crippen molar-refractivity contribution in [3.8, 4) is 23.5 Å². The standard InChI is InChI=1S/C16H14BrN3O4/c1-15-4-10(21)16(2,24-15)12-11(15)13(22)20(14(12)23)7-3-8(17)9(5-18)19-6-7/h3,6,10,21-23H,4H2,1-2H3/t10-,15?,16?/m1/s1. The number of hydrogen-bond donors (Lipinski definition) is 3. The molecule has 2 aromatic heterocycles. The Bertz CT molecular complexity index is 934. The predicted molar refractivity (Wildman–Crippen MR) is 85.7 cm³/mol. The van der Waals surface area contributed by atoms with E-state index in [0.717, 1.165) is 0 Å². The zero-order chi connectivity index (χ0) is 17.4. The summed E-state index contributed by atoms with van der Waals surface area (Å²) in [5, 5.41) is 40.7. The number of pyridine rings is 1. The average Bonchev–Trinajstić information content (AvgIpc) is 3.01. The maximum Gasteiger partial charge on any atom is 0.205 e. The highest BCUT2D eigenvalue weighted by Gasteiger charge is 2.64. The van der Waals surface area contributed by atoms with Gasteiger partial charge in [0.25, 0.3) is 0 Å². The van der Waals surface area contributed by atoms with Crippen LogP contribution in [0.5, 0.6) is 11.8 Å². The number of aromatic hydroxyl groups is 2. The van der Waals surface area contributed by atoms with Crippen molar-refractivity contribution in [2.75, 3.05) is 0 Å². The Kier molecular flexibility index (Phi) is 2.90. The van der Waals surface area contributed by atoms with Crippen LogP contribution in [0.1, 0.15) is 37.1 Å². The van der Waals surface area contributed by atoms with Crippen LogP contribution in [0.3, 0.4) is 0 Å². The summed E-state index contributed by atoms with van der Waals surface area (Å²) < 4.78 is 7.63. The lowest BCUT2D eigenvalue weighted by Gasteiger charge is -2.25. The third-order valence-electron chi connectivity index (χ3n) is 4.99. The zero-order valence-corrected chi connectivity index (χ0v) is 14.5. The fraction of sp³-hybridized carbons (Fsp3) is 0.375. The summed E-state index contributed by atoms with van der Waals surface area (Å²) in [4.78, 5) is 4.01. The van der Waals surface area contributed by atoms with E-state index in [4.69, 9.17) is 10.00 Å². The lowest BCUT2D eigenvalue weighted by Crippen LogP contribution is -2.32. The second kappa shape index (κ2) is 4.51. The average molecular weight is 392 g/mol. The molecule has 0 aromatic carbocycles. The molecule has 0 aliphatic carbocycles. The molecule has 2 aliphatic heterocycles. The molecule has 0 radical (unpaired) electrons. The quantitative estimate of drug-likeness (QED) is 0.686. The van der Waals surface area contributed by atoms with Gasteiger partial charge in [-0.25, -0.2) is 9.55 Å². The molecule has 2 aliphatic rings. The molecular weight excluding hydrogens is 378 g/mol. The molecule has 3 N–H and O–H groups in total. The minimum Gasteiger partial charge on any atom is -0.494 e. The van der Waals surface area contributed by atoms with Crippen LogP contribution in [0.25, 0.3) is 5.69 Å². The number of fused-ring (bicyclic) bond motifs is 5. The highest BCUT2D eigenvalue weighted by atomic mass is 79.9. The smallest absolute Gasteiger partial charge is 0.205 e. The fourth-order valence-electron chi connectivity index (χ4n) is 3.91. The number of halogens is 1. The molecular formula is C16H14BrN3O4. The molecule has 0 amide bonds. The maximum atomic E-state index is 10.7. The molecule has 8 heteroatoms.